The highest BCUT2D eigenvalue weighted by atomic mass is 16.1. The van der Waals surface area contributed by atoms with Gasteiger partial charge in [0.2, 0.25) is 0 Å². The average Bonchev–Trinajstić information content (AvgIpc) is 2.41. The predicted molar refractivity (Wildman–Crippen MR) is 44.1 cm³/mol. The minimum atomic E-state index is 0.338. The fourth-order valence-electron chi connectivity index (χ4n) is 2.56. The van der Waals surface area contributed by atoms with Gasteiger partial charge in [0.05, 0.1) is 0 Å². The highest BCUT2D eigenvalue weighted by Crippen LogP contribution is 2.52. The number of carbonyl (C=O) groups excluding carboxylic acids is 1. The molecule has 1 fully saturated rings. The van der Waals surface area contributed by atoms with E-state index >= 15 is 0 Å². The first-order valence-electron chi connectivity index (χ1n) is 4.31. The lowest BCUT2D eigenvalue weighted by Crippen LogP contribution is -2.17. The molecule has 0 aliphatic heterocycles. The molecule has 60 valence electrons. The molecular formula is C10H14O. The first-order chi connectivity index (χ1) is 5.11. The third kappa shape index (κ3) is 0.943. The number of allylic oxidation sites excluding steroid dienone is 2. The predicted octanol–water partition coefficient (Wildman–Crippen LogP) is 2.18. The van der Waals surface area contributed by atoms with Crippen molar-refractivity contribution in [1.82, 2.24) is 0 Å². The zero-order chi connectivity index (χ0) is 8.06. The second-order valence-corrected chi connectivity index (χ2v) is 4.30. The molecule has 0 spiro atoms. The summed E-state index contributed by atoms with van der Waals surface area (Å²) >= 11 is 0. The number of fused-ring (bicyclic) bond motifs is 2. The second kappa shape index (κ2) is 1.96. The van der Waals surface area contributed by atoms with Crippen molar-refractivity contribution in [2.75, 3.05) is 0 Å². The summed E-state index contributed by atoms with van der Waals surface area (Å²) in [6.45, 7) is 3.98. The molecule has 2 rings (SSSR count). The van der Waals surface area contributed by atoms with E-state index in [2.05, 4.69) is 19.1 Å². The van der Waals surface area contributed by atoms with E-state index in [0.717, 1.165) is 6.42 Å². The van der Waals surface area contributed by atoms with E-state index in [-0.39, 0.29) is 0 Å². The standard InChI is InChI=1S/C10H14O/c1-7(11)9-6-10(2)4-3-8(9)5-10/h3-4,8-9H,5-6H2,1-2H3/t8-,9+,10+/m1/s1. The molecule has 1 nitrogen and oxygen atoms in total. The van der Waals surface area contributed by atoms with Crippen molar-refractivity contribution in [1.29, 1.82) is 0 Å². The van der Waals surface area contributed by atoms with Crippen LogP contribution in [0.4, 0.5) is 0 Å². The van der Waals surface area contributed by atoms with E-state index in [0.29, 0.717) is 23.0 Å². The molecule has 0 saturated heterocycles. The van der Waals surface area contributed by atoms with Gasteiger partial charge < -0.3 is 0 Å². The fourth-order valence-corrected chi connectivity index (χ4v) is 2.56. The minimum Gasteiger partial charge on any atom is -0.300 e. The number of Topliss-reactive ketones (excluding diaryl/α,β-unsaturated/α-hetero) is 1. The smallest absolute Gasteiger partial charge is 0.133 e. The summed E-state index contributed by atoms with van der Waals surface area (Å²) in [5.74, 6) is 1.28. The number of carbonyl (C=O) groups is 1. The quantitative estimate of drug-likeness (QED) is 0.523. The molecular weight excluding hydrogens is 136 g/mol. The Morgan fingerprint density at radius 2 is 2.27 bits per heavy atom. The molecule has 0 unspecified atom stereocenters. The monoisotopic (exact) mass is 150 g/mol. The summed E-state index contributed by atoms with van der Waals surface area (Å²) in [4.78, 5) is 11.1. The van der Waals surface area contributed by atoms with E-state index in [1.807, 2.05) is 0 Å². The van der Waals surface area contributed by atoms with Gasteiger partial charge >= 0.3 is 0 Å². The van der Waals surface area contributed by atoms with Crippen molar-refractivity contribution < 1.29 is 4.79 Å². The molecule has 3 atom stereocenters. The van der Waals surface area contributed by atoms with Gasteiger partial charge in [-0.05, 0) is 31.1 Å². The van der Waals surface area contributed by atoms with Crippen LogP contribution >= 0.6 is 0 Å². The van der Waals surface area contributed by atoms with Crippen molar-refractivity contribution in [3.05, 3.63) is 12.2 Å². The third-order valence-electron chi connectivity index (χ3n) is 3.17. The van der Waals surface area contributed by atoms with E-state index in [4.69, 9.17) is 0 Å². The van der Waals surface area contributed by atoms with Gasteiger partial charge in [-0.1, -0.05) is 19.1 Å². The molecule has 2 aliphatic carbocycles. The van der Waals surface area contributed by atoms with Crippen molar-refractivity contribution in [2.45, 2.75) is 26.7 Å². The van der Waals surface area contributed by atoms with Crippen molar-refractivity contribution in [2.24, 2.45) is 17.3 Å². The maximum absolute atomic E-state index is 11.1. The zero-order valence-corrected chi connectivity index (χ0v) is 7.13. The van der Waals surface area contributed by atoms with Crippen molar-refractivity contribution in [3.8, 4) is 0 Å². The van der Waals surface area contributed by atoms with Crippen molar-refractivity contribution >= 4 is 5.78 Å². The maximum Gasteiger partial charge on any atom is 0.133 e. The molecule has 0 amide bonds. The largest absolute Gasteiger partial charge is 0.300 e. The topological polar surface area (TPSA) is 17.1 Å². The van der Waals surface area contributed by atoms with E-state index in [1.165, 1.54) is 6.42 Å². The average molecular weight is 150 g/mol. The van der Waals surface area contributed by atoms with E-state index in [9.17, 15) is 4.79 Å². The van der Waals surface area contributed by atoms with Gasteiger partial charge in [-0.15, -0.1) is 0 Å². The lowest BCUT2D eigenvalue weighted by Gasteiger charge is -2.19. The van der Waals surface area contributed by atoms with Crippen LogP contribution in [0, 0.1) is 17.3 Å². The molecule has 0 N–H and O–H groups in total. The van der Waals surface area contributed by atoms with Gasteiger partial charge in [0, 0.05) is 5.92 Å². The Morgan fingerprint density at radius 1 is 1.55 bits per heavy atom. The summed E-state index contributed by atoms with van der Waals surface area (Å²) in [7, 11) is 0. The van der Waals surface area contributed by atoms with Gasteiger partial charge in [-0.3, -0.25) is 4.79 Å². The second-order valence-electron chi connectivity index (χ2n) is 4.30. The van der Waals surface area contributed by atoms with Crippen LogP contribution in [0.2, 0.25) is 0 Å². The van der Waals surface area contributed by atoms with E-state index < -0.39 is 0 Å². The molecule has 1 heteroatoms. The fraction of sp³-hybridized carbons (Fsp3) is 0.700. The summed E-state index contributed by atoms with van der Waals surface area (Å²) in [6.07, 6.45) is 6.81. The molecule has 11 heavy (non-hydrogen) atoms. The van der Waals surface area contributed by atoms with Gasteiger partial charge in [0.1, 0.15) is 5.78 Å². The maximum atomic E-state index is 11.1. The summed E-state index contributed by atoms with van der Waals surface area (Å²) in [5.41, 5.74) is 0.362. The Bertz CT molecular complexity index is 229. The molecule has 2 bridgehead atoms. The normalized spacial score (nSPS) is 46.7. The van der Waals surface area contributed by atoms with Crippen LogP contribution in [0.15, 0.2) is 12.2 Å². The minimum absolute atomic E-state index is 0.338. The summed E-state index contributed by atoms with van der Waals surface area (Å²) in [6, 6.07) is 0. The Labute approximate surface area is 67.5 Å². The van der Waals surface area contributed by atoms with E-state index in [1.54, 1.807) is 6.92 Å². The molecule has 0 aromatic heterocycles. The first kappa shape index (κ1) is 7.08. The third-order valence-corrected chi connectivity index (χ3v) is 3.17. The highest BCUT2D eigenvalue weighted by Gasteiger charge is 2.45. The summed E-state index contributed by atoms with van der Waals surface area (Å²) in [5, 5.41) is 0. The molecule has 0 aromatic carbocycles. The Balaban J connectivity index is 2.23. The highest BCUT2D eigenvalue weighted by molar-refractivity contribution is 5.79. The van der Waals surface area contributed by atoms with Crippen LogP contribution in [0.5, 0.6) is 0 Å². The Kier molecular flexibility index (Phi) is 1.26. The van der Waals surface area contributed by atoms with Gasteiger partial charge in [-0.25, -0.2) is 0 Å². The zero-order valence-electron chi connectivity index (χ0n) is 7.13. The van der Waals surface area contributed by atoms with Gasteiger partial charge in [-0.2, -0.15) is 0 Å². The SMILES string of the molecule is CC(=O)[C@@H]1C[C@@]2(C)C=C[C@@H]1C2. The molecule has 2 aliphatic rings. The Morgan fingerprint density at radius 3 is 2.55 bits per heavy atom. The lowest BCUT2D eigenvalue weighted by atomic mass is 9.85. The molecule has 0 radical (unpaired) electrons. The van der Waals surface area contributed by atoms with Crippen LogP contribution in [0.3, 0.4) is 0 Å². The lowest BCUT2D eigenvalue weighted by molar-refractivity contribution is -0.121. The van der Waals surface area contributed by atoms with Crippen LogP contribution in [-0.2, 0) is 4.79 Å². The van der Waals surface area contributed by atoms with Gasteiger partial charge in [0.25, 0.3) is 0 Å². The molecule has 1 saturated carbocycles. The number of hydrogen-bond acceptors (Lipinski definition) is 1. The first-order valence-corrected chi connectivity index (χ1v) is 4.31. The van der Waals surface area contributed by atoms with Crippen LogP contribution in [0.25, 0.3) is 0 Å². The van der Waals surface area contributed by atoms with Crippen LogP contribution in [0.1, 0.15) is 26.7 Å². The summed E-state index contributed by atoms with van der Waals surface area (Å²) < 4.78 is 0. The number of ketones is 1. The van der Waals surface area contributed by atoms with Crippen molar-refractivity contribution in [3.63, 3.8) is 0 Å². The van der Waals surface area contributed by atoms with Crippen LogP contribution < -0.4 is 0 Å². The molecule has 0 heterocycles. The number of hydrogen-bond donors (Lipinski definition) is 0. The van der Waals surface area contributed by atoms with Crippen LogP contribution in [-0.4, -0.2) is 5.78 Å². The molecule has 0 aromatic rings. The van der Waals surface area contributed by atoms with Gasteiger partial charge in [0.15, 0.2) is 0 Å². The number of rotatable bonds is 1. The Hall–Kier alpha value is -0.590.